The Balaban J connectivity index is 3.09. The van der Waals surface area contributed by atoms with Gasteiger partial charge in [0.1, 0.15) is 5.76 Å². The van der Waals surface area contributed by atoms with Crippen molar-refractivity contribution in [3.05, 3.63) is 34.8 Å². The quantitative estimate of drug-likeness (QED) is 0.762. The van der Waals surface area contributed by atoms with Crippen molar-refractivity contribution in [3.8, 4) is 0 Å². The molecule has 0 unspecified atom stereocenters. The molecule has 0 aliphatic carbocycles. The van der Waals surface area contributed by atoms with Crippen molar-refractivity contribution in [2.75, 3.05) is 0 Å². The Bertz CT molecular complexity index is 434. The predicted molar refractivity (Wildman–Crippen MR) is 63.2 cm³/mol. The molecule has 4 nitrogen and oxygen atoms in total. The first kappa shape index (κ1) is 13.2. The highest BCUT2D eigenvalue weighted by molar-refractivity contribution is 6.12. The molecule has 0 aromatic heterocycles. The molecule has 17 heavy (non-hydrogen) atoms. The predicted octanol–water partition coefficient (Wildman–Crippen LogP) is 2.57. The molecule has 1 aliphatic rings. The van der Waals surface area contributed by atoms with Crippen LogP contribution in [-0.4, -0.2) is 16.9 Å². The summed E-state index contributed by atoms with van der Waals surface area (Å²) in [6, 6.07) is 0. The maximum absolute atomic E-state index is 12.0. The van der Waals surface area contributed by atoms with E-state index in [0.717, 1.165) is 18.1 Å². The third-order valence-electron chi connectivity index (χ3n) is 2.30. The smallest absolute Gasteiger partial charge is 0.328 e. The van der Waals surface area contributed by atoms with Crippen molar-refractivity contribution in [1.29, 1.82) is 0 Å². The molecule has 0 bridgehead atoms. The summed E-state index contributed by atoms with van der Waals surface area (Å²) in [6.07, 6.45) is 3.73. The van der Waals surface area contributed by atoms with E-state index in [1.54, 1.807) is 13.8 Å². The van der Waals surface area contributed by atoms with Crippen LogP contribution in [0.4, 0.5) is 0 Å². The number of ether oxygens (including phenoxy) is 1. The molecule has 0 aromatic rings. The number of aliphatic carboxylic acids is 1. The Morgan fingerprint density at radius 1 is 1.41 bits per heavy atom. The fourth-order valence-corrected chi connectivity index (χ4v) is 1.54. The molecule has 0 amide bonds. The first-order chi connectivity index (χ1) is 7.97. The number of carboxylic acid groups (broad SMARTS) is 1. The molecule has 92 valence electrons. The molecular formula is C13H16O4. The fraction of sp³-hybridized carbons (Fsp3) is 0.385. The molecule has 0 atom stereocenters. The molecule has 0 aromatic carbocycles. The van der Waals surface area contributed by atoms with Gasteiger partial charge >= 0.3 is 5.97 Å². The lowest BCUT2D eigenvalue weighted by Crippen LogP contribution is -2.00. The zero-order valence-electron chi connectivity index (χ0n) is 10.2. The van der Waals surface area contributed by atoms with Crippen molar-refractivity contribution in [3.63, 3.8) is 0 Å². The van der Waals surface area contributed by atoms with Gasteiger partial charge in [-0.15, -0.1) is 0 Å². The largest absolute Gasteiger partial charge is 0.478 e. The average Bonchev–Trinajstić information content (AvgIpc) is 2.53. The lowest BCUT2D eigenvalue weighted by Gasteiger charge is -2.03. The van der Waals surface area contributed by atoms with Gasteiger partial charge in [0.2, 0.25) is 5.78 Å². The number of Topliss-reactive ketones (excluding diaryl/α,β-unsaturated/α-hetero) is 1. The van der Waals surface area contributed by atoms with Gasteiger partial charge in [-0.25, -0.2) is 4.79 Å². The van der Waals surface area contributed by atoms with Crippen molar-refractivity contribution in [2.45, 2.75) is 33.6 Å². The van der Waals surface area contributed by atoms with Crippen LogP contribution in [0.15, 0.2) is 34.8 Å². The van der Waals surface area contributed by atoms with Crippen molar-refractivity contribution >= 4 is 11.8 Å². The Labute approximate surface area is 100 Å². The standard InChI is InChI=1S/C13H16O4/c1-4-5-10-9(6-7-11(14)15)12(16)13(17-10)8(2)3/h6-7H,4-5H2,1-3H3,(H,14,15)/b7-6+. The summed E-state index contributed by atoms with van der Waals surface area (Å²) < 4.78 is 5.49. The first-order valence-corrected chi connectivity index (χ1v) is 5.51. The van der Waals surface area contributed by atoms with Crippen LogP contribution in [0.2, 0.25) is 0 Å². The minimum absolute atomic E-state index is 0.231. The molecule has 1 heterocycles. The van der Waals surface area contributed by atoms with Crippen LogP contribution in [0.1, 0.15) is 33.6 Å². The van der Waals surface area contributed by atoms with Gasteiger partial charge < -0.3 is 9.84 Å². The van der Waals surface area contributed by atoms with E-state index in [0.29, 0.717) is 23.5 Å². The molecule has 0 saturated heterocycles. The summed E-state index contributed by atoms with van der Waals surface area (Å²) in [7, 11) is 0. The summed E-state index contributed by atoms with van der Waals surface area (Å²) in [5, 5.41) is 8.58. The molecule has 1 N–H and O–H groups in total. The molecule has 4 heteroatoms. The zero-order valence-corrected chi connectivity index (χ0v) is 10.2. The normalized spacial score (nSPS) is 15.7. The van der Waals surface area contributed by atoms with E-state index in [1.165, 1.54) is 6.08 Å². The van der Waals surface area contributed by atoms with Gasteiger partial charge in [0.05, 0.1) is 5.57 Å². The number of rotatable bonds is 4. The summed E-state index contributed by atoms with van der Waals surface area (Å²) in [4.78, 5) is 22.4. The van der Waals surface area contributed by atoms with Gasteiger partial charge in [0.15, 0.2) is 5.76 Å². The van der Waals surface area contributed by atoms with Crippen LogP contribution >= 0.6 is 0 Å². The minimum atomic E-state index is -1.08. The SMILES string of the molecule is CCCC1=C(/C=C/C(=O)O)C(=O)C(=C(C)C)O1. The van der Waals surface area contributed by atoms with E-state index in [9.17, 15) is 9.59 Å². The third kappa shape index (κ3) is 3.06. The topological polar surface area (TPSA) is 63.6 Å². The zero-order chi connectivity index (χ0) is 13.0. The second-order valence-electron chi connectivity index (χ2n) is 4.02. The van der Waals surface area contributed by atoms with Crippen LogP contribution in [0.25, 0.3) is 0 Å². The molecular weight excluding hydrogens is 220 g/mol. The van der Waals surface area contributed by atoms with Gasteiger partial charge in [0.25, 0.3) is 0 Å². The Hall–Kier alpha value is -1.84. The van der Waals surface area contributed by atoms with E-state index >= 15 is 0 Å². The van der Waals surface area contributed by atoms with Crippen LogP contribution in [-0.2, 0) is 14.3 Å². The molecule has 0 saturated carbocycles. The average molecular weight is 236 g/mol. The summed E-state index contributed by atoms with van der Waals surface area (Å²) >= 11 is 0. The highest BCUT2D eigenvalue weighted by Crippen LogP contribution is 2.30. The molecule has 0 spiro atoms. The summed E-state index contributed by atoms with van der Waals surface area (Å²) in [6.45, 7) is 5.56. The molecule has 0 radical (unpaired) electrons. The van der Waals surface area contributed by atoms with E-state index in [4.69, 9.17) is 9.84 Å². The van der Waals surface area contributed by atoms with E-state index in [1.807, 2.05) is 6.92 Å². The van der Waals surface area contributed by atoms with Crippen LogP contribution < -0.4 is 0 Å². The number of allylic oxidation sites excluding steroid dienone is 4. The Kier molecular flexibility index (Phi) is 4.26. The first-order valence-electron chi connectivity index (χ1n) is 5.51. The number of ketones is 1. The van der Waals surface area contributed by atoms with Gasteiger partial charge in [-0.05, 0) is 31.9 Å². The number of carbonyl (C=O) groups excluding carboxylic acids is 1. The molecule has 1 aliphatic heterocycles. The number of carbonyl (C=O) groups is 2. The fourth-order valence-electron chi connectivity index (χ4n) is 1.54. The van der Waals surface area contributed by atoms with E-state index in [2.05, 4.69) is 0 Å². The van der Waals surface area contributed by atoms with Gasteiger partial charge in [-0.1, -0.05) is 6.92 Å². The monoisotopic (exact) mass is 236 g/mol. The molecule has 0 fully saturated rings. The Morgan fingerprint density at radius 3 is 2.53 bits per heavy atom. The maximum Gasteiger partial charge on any atom is 0.328 e. The second-order valence-corrected chi connectivity index (χ2v) is 4.02. The van der Waals surface area contributed by atoms with Gasteiger partial charge in [0, 0.05) is 12.5 Å². The van der Waals surface area contributed by atoms with Gasteiger partial charge in [-0.2, -0.15) is 0 Å². The highest BCUT2D eigenvalue weighted by atomic mass is 16.5. The second kappa shape index (κ2) is 5.48. The van der Waals surface area contributed by atoms with Crippen molar-refractivity contribution in [2.24, 2.45) is 0 Å². The number of carboxylic acids is 1. The Morgan fingerprint density at radius 2 is 2.06 bits per heavy atom. The minimum Gasteiger partial charge on any atom is -0.478 e. The van der Waals surface area contributed by atoms with Crippen LogP contribution in [0.3, 0.4) is 0 Å². The van der Waals surface area contributed by atoms with Crippen LogP contribution in [0.5, 0.6) is 0 Å². The van der Waals surface area contributed by atoms with Crippen LogP contribution in [0, 0.1) is 0 Å². The number of hydrogen-bond donors (Lipinski definition) is 1. The summed E-state index contributed by atoms with van der Waals surface area (Å²) in [5.74, 6) is -0.428. The van der Waals surface area contributed by atoms with Crippen molar-refractivity contribution < 1.29 is 19.4 Å². The van der Waals surface area contributed by atoms with Crippen molar-refractivity contribution in [1.82, 2.24) is 0 Å². The third-order valence-corrected chi connectivity index (χ3v) is 2.30. The lowest BCUT2D eigenvalue weighted by molar-refractivity contribution is -0.131. The lowest BCUT2D eigenvalue weighted by atomic mass is 10.1. The maximum atomic E-state index is 12.0. The van der Waals surface area contributed by atoms with Gasteiger partial charge in [-0.3, -0.25) is 4.79 Å². The summed E-state index contributed by atoms with van der Waals surface area (Å²) in [5.41, 5.74) is 1.15. The van der Waals surface area contributed by atoms with E-state index in [-0.39, 0.29) is 5.78 Å². The highest BCUT2D eigenvalue weighted by Gasteiger charge is 2.28. The van der Waals surface area contributed by atoms with E-state index < -0.39 is 5.97 Å². The number of hydrogen-bond acceptors (Lipinski definition) is 3. The molecule has 1 rings (SSSR count).